The molecule has 1 spiro atoms. The summed E-state index contributed by atoms with van der Waals surface area (Å²) in [6, 6.07) is 0. The maximum absolute atomic E-state index is 11.2. The van der Waals surface area contributed by atoms with E-state index in [1.807, 2.05) is 0 Å². The number of esters is 1. The molecule has 0 bridgehead atoms. The Bertz CT molecular complexity index is 241. The lowest BCUT2D eigenvalue weighted by Gasteiger charge is -2.58. The van der Waals surface area contributed by atoms with Crippen LogP contribution in [-0.2, 0) is 9.53 Å². The van der Waals surface area contributed by atoms with Crippen LogP contribution < -0.4 is 0 Å². The zero-order chi connectivity index (χ0) is 9.69. The molecule has 74 valence electrons. The maximum atomic E-state index is 11.2. The van der Waals surface area contributed by atoms with E-state index in [1.165, 1.54) is 0 Å². The van der Waals surface area contributed by atoms with Gasteiger partial charge in [-0.15, -0.1) is 0 Å². The Hall–Kier alpha value is -0.570. The fourth-order valence-corrected chi connectivity index (χ4v) is 2.51. The Morgan fingerprint density at radius 1 is 1.38 bits per heavy atom. The van der Waals surface area contributed by atoms with E-state index in [-0.39, 0.29) is 16.8 Å². The number of carbonyl (C=O) groups is 1. The third-order valence-corrected chi connectivity index (χ3v) is 3.66. The van der Waals surface area contributed by atoms with Gasteiger partial charge in [0.2, 0.25) is 0 Å². The van der Waals surface area contributed by atoms with Gasteiger partial charge in [0.05, 0.1) is 13.0 Å². The van der Waals surface area contributed by atoms with Crippen LogP contribution in [0.15, 0.2) is 0 Å². The van der Waals surface area contributed by atoms with Crippen molar-refractivity contribution in [3.05, 3.63) is 0 Å². The average molecular weight is 183 g/mol. The highest BCUT2D eigenvalue weighted by Gasteiger charge is 2.56. The lowest BCUT2D eigenvalue weighted by atomic mass is 9.58. The molecule has 0 amide bonds. The standard InChI is InChI=1S/C10H17NO2/c1-9(2)7-13-8(12)4-10(9)5-11(3)6-10/h4-7H2,1-3H3. The number of carbonyl (C=O) groups excluding carboxylic acids is 1. The summed E-state index contributed by atoms with van der Waals surface area (Å²) < 4.78 is 5.10. The van der Waals surface area contributed by atoms with Gasteiger partial charge in [-0.3, -0.25) is 4.79 Å². The highest BCUT2D eigenvalue weighted by atomic mass is 16.5. The molecular weight excluding hydrogens is 166 g/mol. The molecule has 0 aromatic carbocycles. The SMILES string of the molecule is CN1CC2(CC(=O)OCC2(C)C)C1. The number of hydrogen-bond acceptors (Lipinski definition) is 3. The van der Waals surface area contributed by atoms with Crippen LogP contribution in [0.3, 0.4) is 0 Å². The van der Waals surface area contributed by atoms with Crippen molar-refractivity contribution in [2.24, 2.45) is 10.8 Å². The topological polar surface area (TPSA) is 29.5 Å². The fraction of sp³-hybridized carbons (Fsp3) is 0.900. The quantitative estimate of drug-likeness (QED) is 0.522. The Kier molecular flexibility index (Phi) is 1.71. The summed E-state index contributed by atoms with van der Waals surface area (Å²) >= 11 is 0. The summed E-state index contributed by atoms with van der Waals surface area (Å²) in [6.07, 6.45) is 0.602. The molecule has 2 rings (SSSR count). The molecular formula is C10H17NO2. The Morgan fingerprint density at radius 3 is 2.54 bits per heavy atom. The molecule has 0 atom stereocenters. The predicted octanol–water partition coefficient (Wildman–Crippen LogP) is 0.891. The van der Waals surface area contributed by atoms with Gasteiger partial charge in [-0.2, -0.15) is 0 Å². The second kappa shape index (κ2) is 2.47. The summed E-state index contributed by atoms with van der Waals surface area (Å²) in [7, 11) is 2.10. The second-order valence-corrected chi connectivity index (χ2v) is 5.17. The first-order valence-electron chi connectivity index (χ1n) is 4.79. The van der Waals surface area contributed by atoms with Gasteiger partial charge < -0.3 is 9.64 Å². The minimum Gasteiger partial charge on any atom is -0.465 e. The third kappa shape index (κ3) is 1.17. The van der Waals surface area contributed by atoms with Crippen molar-refractivity contribution in [3.8, 4) is 0 Å². The molecule has 0 aromatic rings. The molecule has 2 saturated heterocycles. The lowest BCUT2D eigenvalue weighted by Crippen LogP contribution is -2.65. The summed E-state index contributed by atoms with van der Waals surface area (Å²) in [6.45, 7) is 7.06. The van der Waals surface area contributed by atoms with Crippen molar-refractivity contribution in [2.45, 2.75) is 20.3 Å². The van der Waals surface area contributed by atoms with Crippen LogP contribution in [0.1, 0.15) is 20.3 Å². The van der Waals surface area contributed by atoms with E-state index in [2.05, 4.69) is 25.8 Å². The van der Waals surface area contributed by atoms with Gasteiger partial charge in [0.15, 0.2) is 0 Å². The monoisotopic (exact) mass is 183 g/mol. The number of hydrogen-bond donors (Lipinski definition) is 0. The van der Waals surface area contributed by atoms with E-state index < -0.39 is 0 Å². The van der Waals surface area contributed by atoms with Gasteiger partial charge in [0.25, 0.3) is 0 Å². The van der Waals surface area contributed by atoms with Gasteiger partial charge in [0, 0.05) is 23.9 Å². The van der Waals surface area contributed by atoms with E-state index in [0.717, 1.165) is 13.1 Å². The molecule has 13 heavy (non-hydrogen) atoms. The van der Waals surface area contributed by atoms with Crippen LogP contribution in [-0.4, -0.2) is 37.6 Å². The maximum Gasteiger partial charge on any atom is 0.306 e. The Balaban J connectivity index is 2.18. The molecule has 0 unspecified atom stereocenters. The van der Waals surface area contributed by atoms with E-state index >= 15 is 0 Å². The molecule has 0 aliphatic carbocycles. The highest BCUT2D eigenvalue weighted by molar-refractivity contribution is 5.71. The van der Waals surface area contributed by atoms with Crippen molar-refractivity contribution in [1.29, 1.82) is 0 Å². The molecule has 0 radical (unpaired) electrons. The lowest BCUT2D eigenvalue weighted by molar-refractivity contribution is -0.186. The van der Waals surface area contributed by atoms with Crippen LogP contribution >= 0.6 is 0 Å². The van der Waals surface area contributed by atoms with Crippen LogP contribution in [0.4, 0.5) is 0 Å². The van der Waals surface area contributed by atoms with Gasteiger partial charge in [-0.1, -0.05) is 13.8 Å². The number of ether oxygens (including phenoxy) is 1. The normalized spacial score (nSPS) is 31.2. The van der Waals surface area contributed by atoms with Gasteiger partial charge in [-0.25, -0.2) is 0 Å². The molecule has 3 nitrogen and oxygen atoms in total. The summed E-state index contributed by atoms with van der Waals surface area (Å²) in [5.74, 6) is -0.0209. The minimum absolute atomic E-state index is 0.0209. The first-order valence-corrected chi connectivity index (χ1v) is 4.79. The predicted molar refractivity (Wildman–Crippen MR) is 49.3 cm³/mol. The number of nitrogens with zero attached hydrogens (tertiary/aromatic N) is 1. The summed E-state index contributed by atoms with van der Waals surface area (Å²) in [4.78, 5) is 13.5. The Labute approximate surface area is 79.0 Å². The first-order chi connectivity index (χ1) is 5.95. The Morgan fingerprint density at radius 2 is 2.00 bits per heavy atom. The molecule has 0 aromatic heterocycles. The van der Waals surface area contributed by atoms with Crippen LogP contribution in [0.5, 0.6) is 0 Å². The summed E-state index contributed by atoms with van der Waals surface area (Å²) in [5, 5.41) is 0. The third-order valence-electron chi connectivity index (χ3n) is 3.66. The van der Waals surface area contributed by atoms with E-state index in [9.17, 15) is 4.79 Å². The van der Waals surface area contributed by atoms with Crippen LogP contribution in [0.25, 0.3) is 0 Å². The second-order valence-electron chi connectivity index (χ2n) is 5.17. The zero-order valence-electron chi connectivity index (χ0n) is 8.59. The largest absolute Gasteiger partial charge is 0.465 e. The molecule has 3 heteroatoms. The molecule has 2 aliphatic heterocycles. The highest BCUT2D eigenvalue weighted by Crippen LogP contribution is 2.50. The van der Waals surface area contributed by atoms with Gasteiger partial charge in [0.1, 0.15) is 0 Å². The van der Waals surface area contributed by atoms with E-state index in [0.29, 0.717) is 13.0 Å². The molecule has 0 N–H and O–H groups in total. The van der Waals surface area contributed by atoms with Crippen molar-refractivity contribution in [2.75, 3.05) is 26.7 Å². The van der Waals surface area contributed by atoms with Crippen LogP contribution in [0, 0.1) is 10.8 Å². The molecule has 2 aliphatic rings. The van der Waals surface area contributed by atoms with Crippen molar-refractivity contribution in [3.63, 3.8) is 0 Å². The van der Waals surface area contributed by atoms with E-state index in [1.54, 1.807) is 0 Å². The number of cyclic esters (lactones) is 1. The van der Waals surface area contributed by atoms with E-state index in [4.69, 9.17) is 4.74 Å². The van der Waals surface area contributed by atoms with Crippen molar-refractivity contribution in [1.82, 2.24) is 4.90 Å². The molecule has 2 fully saturated rings. The van der Waals surface area contributed by atoms with Crippen LogP contribution in [0.2, 0.25) is 0 Å². The van der Waals surface area contributed by atoms with Crippen molar-refractivity contribution < 1.29 is 9.53 Å². The number of rotatable bonds is 0. The fourth-order valence-electron chi connectivity index (χ4n) is 2.51. The minimum atomic E-state index is -0.0209. The summed E-state index contributed by atoms with van der Waals surface area (Å²) in [5.41, 5.74) is 0.338. The first kappa shape index (κ1) is 9.00. The van der Waals surface area contributed by atoms with Gasteiger partial charge in [-0.05, 0) is 7.05 Å². The zero-order valence-corrected chi connectivity index (χ0v) is 8.59. The average Bonchev–Trinajstić information content (AvgIpc) is 1.95. The van der Waals surface area contributed by atoms with Gasteiger partial charge >= 0.3 is 5.97 Å². The smallest absolute Gasteiger partial charge is 0.306 e. The van der Waals surface area contributed by atoms with Crippen molar-refractivity contribution >= 4 is 5.97 Å². The number of likely N-dealkylation sites (tertiary alicyclic amines) is 1. The molecule has 2 heterocycles. The molecule has 0 saturated carbocycles.